The average molecular weight is 300 g/mol. The number of hydrogen-bond donors (Lipinski definition) is 0. The van der Waals surface area contributed by atoms with Gasteiger partial charge in [0.15, 0.2) is 5.78 Å². The van der Waals surface area contributed by atoms with Gasteiger partial charge in [-0.1, -0.05) is 32.9 Å². The van der Waals surface area contributed by atoms with Gasteiger partial charge in [-0.05, 0) is 18.2 Å². The van der Waals surface area contributed by atoms with Gasteiger partial charge in [0, 0.05) is 17.0 Å². The summed E-state index contributed by atoms with van der Waals surface area (Å²) >= 11 is 0. The Hall–Kier alpha value is -2.43. The lowest BCUT2D eigenvalue weighted by atomic mass is 9.91. The first-order chi connectivity index (χ1) is 10.3. The first kappa shape index (κ1) is 15.9. The largest absolute Gasteiger partial charge is 0.497 e. The number of carbonyl (C=O) groups is 1. The van der Waals surface area contributed by atoms with Gasteiger partial charge in [-0.2, -0.15) is 5.10 Å². The summed E-state index contributed by atoms with van der Waals surface area (Å²) in [6.45, 7) is 5.45. The average Bonchev–Trinajstić information content (AvgIpc) is 2.48. The second-order valence-electron chi connectivity index (χ2n) is 6.12. The minimum Gasteiger partial charge on any atom is -0.497 e. The second kappa shape index (κ2) is 6.13. The van der Waals surface area contributed by atoms with Gasteiger partial charge in [0.1, 0.15) is 12.3 Å². The van der Waals surface area contributed by atoms with Gasteiger partial charge in [0.05, 0.1) is 12.8 Å². The van der Waals surface area contributed by atoms with E-state index in [1.807, 2.05) is 45.0 Å². The van der Waals surface area contributed by atoms with Crippen molar-refractivity contribution in [3.63, 3.8) is 0 Å². The van der Waals surface area contributed by atoms with Crippen molar-refractivity contribution in [3.8, 4) is 17.0 Å². The zero-order valence-electron chi connectivity index (χ0n) is 13.3. The number of benzene rings is 1. The Labute approximate surface area is 129 Å². The molecule has 0 saturated heterocycles. The van der Waals surface area contributed by atoms with E-state index in [0.717, 1.165) is 5.56 Å². The molecule has 2 rings (SSSR count). The molecule has 0 saturated carbocycles. The fourth-order valence-electron chi connectivity index (χ4n) is 1.87. The number of carbonyl (C=O) groups excluding carboxylic acids is 1. The monoisotopic (exact) mass is 300 g/mol. The first-order valence-corrected chi connectivity index (χ1v) is 7.07. The van der Waals surface area contributed by atoms with Crippen molar-refractivity contribution in [2.24, 2.45) is 5.41 Å². The highest BCUT2D eigenvalue weighted by atomic mass is 16.5. The van der Waals surface area contributed by atoms with Crippen molar-refractivity contribution in [1.82, 2.24) is 9.78 Å². The number of ether oxygens (including phenoxy) is 1. The molecular weight excluding hydrogens is 280 g/mol. The van der Waals surface area contributed by atoms with E-state index >= 15 is 0 Å². The van der Waals surface area contributed by atoms with Crippen LogP contribution in [0.2, 0.25) is 0 Å². The molecule has 1 aromatic heterocycles. The second-order valence-corrected chi connectivity index (χ2v) is 6.12. The molecule has 0 fully saturated rings. The van der Waals surface area contributed by atoms with Crippen LogP contribution in [0.1, 0.15) is 20.8 Å². The maximum Gasteiger partial charge on any atom is 0.267 e. The van der Waals surface area contributed by atoms with Gasteiger partial charge in [0.25, 0.3) is 5.56 Å². The van der Waals surface area contributed by atoms with Crippen LogP contribution in [0.15, 0.2) is 41.2 Å². The molecule has 0 atom stereocenters. The number of methoxy groups -OCH3 is 1. The highest BCUT2D eigenvalue weighted by Crippen LogP contribution is 2.21. The molecule has 0 radical (unpaired) electrons. The molecule has 5 nitrogen and oxygen atoms in total. The van der Waals surface area contributed by atoms with Crippen LogP contribution >= 0.6 is 0 Å². The highest BCUT2D eigenvalue weighted by Gasteiger charge is 2.22. The Morgan fingerprint density at radius 1 is 1.23 bits per heavy atom. The number of Topliss-reactive ketones (excluding diaryl/α,β-unsaturated/α-hetero) is 1. The van der Waals surface area contributed by atoms with Gasteiger partial charge in [-0.3, -0.25) is 9.59 Å². The summed E-state index contributed by atoms with van der Waals surface area (Å²) in [4.78, 5) is 24.0. The summed E-state index contributed by atoms with van der Waals surface area (Å²) in [5.74, 6) is 0.674. The number of nitrogens with zero attached hydrogens (tertiary/aromatic N) is 2. The summed E-state index contributed by atoms with van der Waals surface area (Å²) in [6, 6.07) is 10.5. The zero-order valence-corrected chi connectivity index (χ0v) is 13.3. The predicted octanol–water partition coefficient (Wildman–Crippen LogP) is 2.53. The van der Waals surface area contributed by atoms with E-state index in [1.54, 1.807) is 13.2 Å². The van der Waals surface area contributed by atoms with Gasteiger partial charge in [-0.25, -0.2) is 4.68 Å². The van der Waals surface area contributed by atoms with Gasteiger partial charge in [-0.15, -0.1) is 0 Å². The SMILES string of the molecule is COc1cccc(-c2ccc(=O)n(CC(=O)C(C)(C)C)n2)c1. The standard InChI is InChI=1S/C17H20N2O3/c1-17(2,3)15(20)11-19-16(21)9-8-14(18-19)12-6-5-7-13(10-12)22-4/h5-10H,11H2,1-4H3. The molecule has 0 spiro atoms. The van der Waals surface area contributed by atoms with Crippen LogP contribution in [-0.2, 0) is 11.3 Å². The Morgan fingerprint density at radius 3 is 2.59 bits per heavy atom. The van der Waals surface area contributed by atoms with Crippen molar-refractivity contribution in [2.45, 2.75) is 27.3 Å². The van der Waals surface area contributed by atoms with E-state index in [9.17, 15) is 9.59 Å². The molecule has 0 aliphatic rings. The van der Waals surface area contributed by atoms with Crippen molar-refractivity contribution in [2.75, 3.05) is 7.11 Å². The molecule has 0 bridgehead atoms. The Kier molecular flexibility index (Phi) is 4.45. The van der Waals surface area contributed by atoms with Crippen molar-refractivity contribution in [3.05, 3.63) is 46.8 Å². The van der Waals surface area contributed by atoms with E-state index in [2.05, 4.69) is 5.10 Å². The molecule has 0 unspecified atom stereocenters. The number of rotatable bonds is 4. The lowest BCUT2D eigenvalue weighted by Crippen LogP contribution is -2.32. The Balaban J connectivity index is 2.38. The minimum absolute atomic E-state index is 0.0276. The van der Waals surface area contributed by atoms with E-state index < -0.39 is 5.41 Å². The lowest BCUT2D eigenvalue weighted by molar-refractivity contribution is -0.127. The molecule has 22 heavy (non-hydrogen) atoms. The van der Waals surface area contributed by atoms with Gasteiger partial charge < -0.3 is 4.74 Å². The molecule has 116 valence electrons. The molecule has 1 heterocycles. The van der Waals surface area contributed by atoms with Crippen LogP contribution in [0.5, 0.6) is 5.75 Å². The molecular formula is C17H20N2O3. The van der Waals surface area contributed by atoms with E-state index in [1.165, 1.54) is 10.7 Å². The van der Waals surface area contributed by atoms with Crippen molar-refractivity contribution >= 4 is 5.78 Å². The van der Waals surface area contributed by atoms with Crippen LogP contribution in [0, 0.1) is 5.41 Å². The summed E-state index contributed by atoms with van der Waals surface area (Å²) in [7, 11) is 1.59. The maximum atomic E-state index is 12.1. The molecule has 0 amide bonds. The normalized spacial score (nSPS) is 11.3. The van der Waals surface area contributed by atoms with Crippen LogP contribution in [0.3, 0.4) is 0 Å². The molecule has 2 aromatic rings. The van der Waals surface area contributed by atoms with Crippen molar-refractivity contribution in [1.29, 1.82) is 0 Å². The third-order valence-corrected chi connectivity index (χ3v) is 3.36. The topological polar surface area (TPSA) is 61.2 Å². The van der Waals surface area contributed by atoms with Crippen LogP contribution < -0.4 is 10.3 Å². The molecule has 0 N–H and O–H groups in total. The van der Waals surface area contributed by atoms with Crippen LogP contribution in [0.4, 0.5) is 0 Å². The third kappa shape index (κ3) is 3.61. The number of ketones is 1. The summed E-state index contributed by atoms with van der Waals surface area (Å²) in [5.41, 5.74) is 0.661. The van der Waals surface area contributed by atoms with E-state index in [0.29, 0.717) is 11.4 Å². The summed E-state index contributed by atoms with van der Waals surface area (Å²) in [5, 5.41) is 4.30. The van der Waals surface area contributed by atoms with Crippen LogP contribution in [0.25, 0.3) is 11.3 Å². The zero-order chi connectivity index (χ0) is 16.3. The summed E-state index contributed by atoms with van der Waals surface area (Å²) < 4.78 is 6.40. The predicted molar refractivity (Wildman–Crippen MR) is 84.9 cm³/mol. The first-order valence-electron chi connectivity index (χ1n) is 7.07. The Morgan fingerprint density at radius 2 is 1.95 bits per heavy atom. The van der Waals surface area contributed by atoms with E-state index in [-0.39, 0.29) is 17.9 Å². The smallest absolute Gasteiger partial charge is 0.267 e. The summed E-state index contributed by atoms with van der Waals surface area (Å²) in [6.07, 6.45) is 0. The maximum absolute atomic E-state index is 12.1. The molecule has 0 aliphatic carbocycles. The minimum atomic E-state index is -0.507. The fourth-order valence-corrected chi connectivity index (χ4v) is 1.87. The van der Waals surface area contributed by atoms with Crippen LogP contribution in [-0.4, -0.2) is 22.7 Å². The van der Waals surface area contributed by atoms with E-state index in [4.69, 9.17) is 4.74 Å². The van der Waals surface area contributed by atoms with Crippen molar-refractivity contribution < 1.29 is 9.53 Å². The number of hydrogen-bond acceptors (Lipinski definition) is 4. The third-order valence-electron chi connectivity index (χ3n) is 3.36. The molecule has 1 aromatic carbocycles. The van der Waals surface area contributed by atoms with Gasteiger partial charge in [0.2, 0.25) is 0 Å². The quantitative estimate of drug-likeness (QED) is 0.870. The molecule has 5 heteroatoms. The highest BCUT2D eigenvalue weighted by molar-refractivity contribution is 5.83. The Bertz CT molecular complexity index is 742. The molecule has 0 aliphatic heterocycles. The fraction of sp³-hybridized carbons (Fsp3) is 0.353. The lowest BCUT2D eigenvalue weighted by Gasteiger charge is -2.17. The number of aromatic nitrogens is 2. The van der Waals surface area contributed by atoms with Gasteiger partial charge >= 0.3 is 0 Å².